The molecule has 17 heavy (non-hydrogen) atoms. The van der Waals surface area contributed by atoms with E-state index in [2.05, 4.69) is 4.74 Å². The fourth-order valence-electron chi connectivity index (χ4n) is 1.90. The van der Waals surface area contributed by atoms with Crippen molar-refractivity contribution in [2.75, 3.05) is 7.11 Å². The number of benzene rings is 1. The molecular weight excluding hydrogens is 218 g/mol. The molecule has 0 fully saturated rings. The number of aliphatic hydroxyl groups is 1. The molecule has 0 aliphatic carbocycles. The van der Waals surface area contributed by atoms with Gasteiger partial charge in [-0.25, -0.2) is 4.79 Å². The number of carbonyl (C=O) groups excluding carboxylic acids is 1. The van der Waals surface area contributed by atoms with E-state index in [0.717, 1.165) is 16.5 Å². The number of esters is 1. The van der Waals surface area contributed by atoms with Crippen molar-refractivity contribution < 1.29 is 14.6 Å². The molecule has 0 spiro atoms. The number of ether oxygens (including phenoxy) is 1. The number of rotatable bonds is 3. The normalized spacial score (nSPS) is 12.6. The first-order valence-corrected chi connectivity index (χ1v) is 5.41. The molecule has 0 aliphatic rings. The third kappa shape index (κ3) is 2.31. The maximum Gasteiger partial charge on any atom is 0.335 e. The summed E-state index contributed by atoms with van der Waals surface area (Å²) in [5.41, 5.74) is 2.04. The molecule has 90 valence electrons. The van der Waals surface area contributed by atoms with Crippen LogP contribution in [0.5, 0.6) is 0 Å². The maximum absolute atomic E-state index is 11.1. The third-order valence-corrected chi connectivity index (χ3v) is 2.85. The second kappa shape index (κ2) is 4.59. The van der Waals surface area contributed by atoms with Gasteiger partial charge in [0.1, 0.15) is 0 Å². The van der Waals surface area contributed by atoms with E-state index in [0.29, 0.717) is 0 Å². The molecule has 1 aromatic carbocycles. The summed E-state index contributed by atoms with van der Waals surface area (Å²) in [4.78, 5) is 11.1. The number of hydrogen-bond acceptors (Lipinski definition) is 3. The third-order valence-electron chi connectivity index (χ3n) is 2.85. The van der Waals surface area contributed by atoms with Crippen LogP contribution in [0, 0.1) is 0 Å². The van der Waals surface area contributed by atoms with Crippen LogP contribution in [0.1, 0.15) is 5.56 Å². The average Bonchev–Trinajstić information content (AvgIpc) is 2.69. The summed E-state index contributed by atoms with van der Waals surface area (Å²) in [6.45, 7) is 0. The number of aromatic nitrogens is 1. The van der Waals surface area contributed by atoms with Gasteiger partial charge in [0.15, 0.2) is 6.10 Å². The molecule has 4 heteroatoms. The fourth-order valence-corrected chi connectivity index (χ4v) is 1.90. The molecule has 0 amide bonds. The Hall–Kier alpha value is -1.81. The Labute approximate surface area is 99.4 Å². The molecule has 1 unspecified atom stereocenters. The standard InChI is InChI=1S/C13H15NO3/c1-14-6-5-10-7-9(3-4-11(10)14)8-12(15)13(16)17-2/h3-7,12,15H,8H2,1-2H3. The predicted octanol–water partition coefficient (Wildman–Crippen LogP) is 1.25. The van der Waals surface area contributed by atoms with Crippen LogP contribution < -0.4 is 0 Å². The molecule has 0 aliphatic heterocycles. The van der Waals surface area contributed by atoms with Gasteiger partial charge in [-0.1, -0.05) is 6.07 Å². The number of hydrogen-bond donors (Lipinski definition) is 1. The van der Waals surface area contributed by atoms with Crippen LogP contribution in [-0.4, -0.2) is 28.9 Å². The highest BCUT2D eigenvalue weighted by Gasteiger charge is 2.15. The van der Waals surface area contributed by atoms with Gasteiger partial charge in [0, 0.05) is 25.2 Å². The lowest BCUT2D eigenvalue weighted by molar-refractivity contribution is -0.150. The van der Waals surface area contributed by atoms with Gasteiger partial charge < -0.3 is 14.4 Å². The number of methoxy groups -OCH3 is 1. The van der Waals surface area contributed by atoms with Crippen molar-refractivity contribution in [3.63, 3.8) is 0 Å². The van der Waals surface area contributed by atoms with E-state index >= 15 is 0 Å². The lowest BCUT2D eigenvalue weighted by atomic mass is 10.1. The van der Waals surface area contributed by atoms with Crippen LogP contribution in [-0.2, 0) is 23.0 Å². The van der Waals surface area contributed by atoms with Gasteiger partial charge in [-0.2, -0.15) is 0 Å². The second-order valence-electron chi connectivity index (χ2n) is 4.06. The Balaban J connectivity index is 2.22. The van der Waals surface area contributed by atoms with Crippen LogP contribution in [0.3, 0.4) is 0 Å². The van der Waals surface area contributed by atoms with Gasteiger partial charge in [-0.3, -0.25) is 0 Å². The van der Waals surface area contributed by atoms with E-state index in [1.165, 1.54) is 7.11 Å². The molecule has 0 bridgehead atoms. The molecular formula is C13H15NO3. The lowest BCUT2D eigenvalue weighted by Crippen LogP contribution is -2.24. The number of fused-ring (bicyclic) bond motifs is 1. The molecule has 4 nitrogen and oxygen atoms in total. The van der Waals surface area contributed by atoms with Crippen LogP contribution in [0.15, 0.2) is 30.5 Å². The summed E-state index contributed by atoms with van der Waals surface area (Å²) >= 11 is 0. The molecule has 1 heterocycles. The van der Waals surface area contributed by atoms with Gasteiger partial charge in [-0.05, 0) is 29.1 Å². The summed E-state index contributed by atoms with van der Waals surface area (Å²) in [5.74, 6) is -0.599. The fraction of sp³-hybridized carbons (Fsp3) is 0.308. The quantitative estimate of drug-likeness (QED) is 0.812. The minimum atomic E-state index is -1.10. The number of aliphatic hydroxyl groups excluding tert-OH is 1. The number of nitrogens with zero attached hydrogens (tertiary/aromatic N) is 1. The molecule has 1 N–H and O–H groups in total. The Morgan fingerprint density at radius 3 is 2.94 bits per heavy atom. The summed E-state index contributed by atoms with van der Waals surface area (Å²) in [5, 5.41) is 10.7. The van der Waals surface area contributed by atoms with Gasteiger partial charge in [-0.15, -0.1) is 0 Å². The van der Waals surface area contributed by atoms with Crippen LogP contribution in [0.25, 0.3) is 10.9 Å². The topological polar surface area (TPSA) is 51.5 Å². The first kappa shape index (κ1) is 11.7. The van der Waals surface area contributed by atoms with Gasteiger partial charge in [0.25, 0.3) is 0 Å². The highest BCUT2D eigenvalue weighted by molar-refractivity contribution is 5.81. The average molecular weight is 233 g/mol. The van der Waals surface area contributed by atoms with Crippen molar-refractivity contribution >= 4 is 16.9 Å². The summed E-state index contributed by atoms with van der Waals surface area (Å²) in [7, 11) is 3.25. The SMILES string of the molecule is COC(=O)C(O)Cc1ccc2c(ccn2C)c1. The number of carbonyl (C=O) groups is 1. The van der Waals surface area contributed by atoms with E-state index in [4.69, 9.17) is 0 Å². The zero-order valence-corrected chi connectivity index (χ0v) is 9.88. The smallest absolute Gasteiger partial charge is 0.335 e. The maximum atomic E-state index is 11.1. The van der Waals surface area contributed by atoms with Crippen molar-refractivity contribution in [1.29, 1.82) is 0 Å². The summed E-state index contributed by atoms with van der Waals surface area (Å²) in [6.07, 6.45) is 1.16. The molecule has 0 radical (unpaired) electrons. The Morgan fingerprint density at radius 1 is 1.47 bits per heavy atom. The highest BCUT2D eigenvalue weighted by Crippen LogP contribution is 2.17. The Kier molecular flexibility index (Phi) is 3.15. The van der Waals surface area contributed by atoms with Crippen molar-refractivity contribution in [2.45, 2.75) is 12.5 Å². The van der Waals surface area contributed by atoms with E-state index < -0.39 is 12.1 Å². The van der Waals surface area contributed by atoms with E-state index in [9.17, 15) is 9.90 Å². The van der Waals surface area contributed by atoms with Crippen molar-refractivity contribution in [1.82, 2.24) is 4.57 Å². The van der Waals surface area contributed by atoms with Crippen LogP contribution in [0.2, 0.25) is 0 Å². The first-order chi connectivity index (χ1) is 8.11. The lowest BCUT2D eigenvalue weighted by Gasteiger charge is -2.08. The molecule has 2 rings (SSSR count). The highest BCUT2D eigenvalue weighted by atomic mass is 16.5. The largest absolute Gasteiger partial charge is 0.467 e. The summed E-state index contributed by atoms with van der Waals surface area (Å²) < 4.78 is 6.51. The van der Waals surface area contributed by atoms with Crippen molar-refractivity contribution in [3.05, 3.63) is 36.0 Å². The zero-order valence-electron chi connectivity index (χ0n) is 9.88. The zero-order chi connectivity index (χ0) is 12.4. The minimum Gasteiger partial charge on any atom is -0.467 e. The molecule has 2 aromatic rings. The minimum absolute atomic E-state index is 0.275. The summed E-state index contributed by atoms with van der Waals surface area (Å²) in [6, 6.07) is 7.87. The molecule has 0 saturated carbocycles. The Morgan fingerprint density at radius 2 is 2.24 bits per heavy atom. The predicted molar refractivity (Wildman–Crippen MR) is 64.6 cm³/mol. The van der Waals surface area contributed by atoms with Crippen molar-refractivity contribution in [3.8, 4) is 0 Å². The molecule has 1 atom stereocenters. The second-order valence-corrected chi connectivity index (χ2v) is 4.06. The van der Waals surface area contributed by atoms with E-state index in [1.54, 1.807) is 0 Å². The van der Waals surface area contributed by atoms with Gasteiger partial charge in [0.2, 0.25) is 0 Å². The molecule has 1 aromatic heterocycles. The van der Waals surface area contributed by atoms with E-state index in [1.807, 2.05) is 42.1 Å². The first-order valence-electron chi connectivity index (χ1n) is 5.41. The van der Waals surface area contributed by atoms with Crippen LogP contribution >= 0.6 is 0 Å². The Bertz CT molecular complexity index is 545. The van der Waals surface area contributed by atoms with E-state index in [-0.39, 0.29) is 6.42 Å². The monoisotopic (exact) mass is 233 g/mol. The van der Waals surface area contributed by atoms with Gasteiger partial charge >= 0.3 is 5.97 Å². The van der Waals surface area contributed by atoms with Crippen molar-refractivity contribution in [2.24, 2.45) is 7.05 Å². The van der Waals surface area contributed by atoms with Crippen LogP contribution in [0.4, 0.5) is 0 Å². The number of aryl methyl sites for hydroxylation is 1. The van der Waals surface area contributed by atoms with Gasteiger partial charge in [0.05, 0.1) is 7.11 Å². The molecule has 0 saturated heterocycles.